The second kappa shape index (κ2) is 10.1. The lowest BCUT2D eigenvalue weighted by molar-refractivity contribution is -0.132. The first kappa shape index (κ1) is 22.8. The first-order chi connectivity index (χ1) is 15.5. The Hall–Kier alpha value is -2.35. The van der Waals surface area contributed by atoms with Crippen LogP contribution in [0.15, 0.2) is 59.6 Å². The van der Waals surface area contributed by atoms with E-state index in [9.17, 15) is 13.2 Å². The van der Waals surface area contributed by atoms with E-state index in [4.69, 9.17) is 11.6 Å². The summed E-state index contributed by atoms with van der Waals surface area (Å²) >= 11 is 6.44. The SMILES string of the molecule is O=C(C(CCNS(=O)(=O)c1cccc2[nH]ccc12)c1ccccc1Cl)N1CCCCCC1. The highest BCUT2D eigenvalue weighted by atomic mass is 35.5. The standard InChI is InChI=1S/C24H28ClN3O3S/c25-21-9-4-3-8-18(21)19(24(29)28-16-5-1-2-6-17-28)13-15-27-32(30,31)23-11-7-10-22-20(23)12-14-26-22/h3-4,7-12,14,19,26-27H,1-2,5-6,13,15-17H2. The summed E-state index contributed by atoms with van der Waals surface area (Å²) in [6.07, 6.45) is 6.30. The van der Waals surface area contributed by atoms with E-state index in [-0.39, 0.29) is 17.3 Å². The maximum Gasteiger partial charge on any atom is 0.241 e. The molecule has 0 spiro atoms. The summed E-state index contributed by atoms with van der Waals surface area (Å²) in [5.74, 6) is -0.473. The van der Waals surface area contributed by atoms with Gasteiger partial charge in [-0.1, -0.05) is 48.7 Å². The number of amides is 1. The molecule has 1 unspecified atom stereocenters. The van der Waals surface area contributed by atoms with Gasteiger partial charge in [-0.05, 0) is 49.1 Å². The van der Waals surface area contributed by atoms with Crippen molar-refractivity contribution in [3.63, 3.8) is 0 Å². The minimum absolute atomic E-state index is 0.0203. The molecule has 0 aliphatic carbocycles. The largest absolute Gasteiger partial charge is 0.361 e. The molecule has 1 aliphatic heterocycles. The molecule has 0 radical (unpaired) electrons. The summed E-state index contributed by atoms with van der Waals surface area (Å²) in [6, 6.07) is 14.2. The van der Waals surface area contributed by atoms with Crippen LogP contribution in [0.2, 0.25) is 5.02 Å². The Morgan fingerprint density at radius 3 is 2.53 bits per heavy atom. The Balaban J connectivity index is 1.53. The van der Waals surface area contributed by atoms with Crippen LogP contribution in [0.1, 0.15) is 43.6 Å². The number of fused-ring (bicyclic) bond motifs is 1. The van der Waals surface area contributed by atoms with Gasteiger partial charge in [-0.2, -0.15) is 0 Å². The van der Waals surface area contributed by atoms with E-state index in [0.29, 0.717) is 16.8 Å². The number of sulfonamides is 1. The van der Waals surface area contributed by atoms with E-state index in [2.05, 4.69) is 9.71 Å². The molecule has 1 aromatic heterocycles. The topological polar surface area (TPSA) is 82.3 Å². The monoisotopic (exact) mass is 473 g/mol. The van der Waals surface area contributed by atoms with Crippen molar-refractivity contribution >= 4 is 38.4 Å². The average Bonchev–Trinajstić information content (AvgIpc) is 3.10. The van der Waals surface area contributed by atoms with Crippen LogP contribution in [-0.2, 0) is 14.8 Å². The number of H-pyrrole nitrogens is 1. The van der Waals surface area contributed by atoms with Crippen LogP contribution in [0.3, 0.4) is 0 Å². The van der Waals surface area contributed by atoms with Gasteiger partial charge < -0.3 is 9.88 Å². The number of nitrogens with zero attached hydrogens (tertiary/aromatic N) is 1. The molecule has 2 heterocycles. The van der Waals surface area contributed by atoms with Crippen LogP contribution in [0.25, 0.3) is 10.9 Å². The number of rotatable bonds is 7. The van der Waals surface area contributed by atoms with E-state index in [1.165, 1.54) is 0 Å². The number of likely N-dealkylation sites (tertiary alicyclic amines) is 1. The molecule has 170 valence electrons. The number of aromatic amines is 1. The molecular formula is C24H28ClN3O3S. The average molecular weight is 474 g/mol. The summed E-state index contributed by atoms with van der Waals surface area (Å²) < 4.78 is 28.7. The van der Waals surface area contributed by atoms with Gasteiger partial charge in [0.2, 0.25) is 15.9 Å². The molecule has 8 heteroatoms. The summed E-state index contributed by atoms with van der Waals surface area (Å²) in [6.45, 7) is 1.61. The molecule has 3 aromatic rings. The van der Waals surface area contributed by atoms with Crippen LogP contribution in [0.4, 0.5) is 0 Å². The molecule has 1 atom stereocenters. The molecule has 1 aliphatic rings. The van der Waals surface area contributed by atoms with Gasteiger partial charge in [-0.15, -0.1) is 0 Å². The second-order valence-corrected chi connectivity index (χ2v) is 10.3. The Morgan fingerprint density at radius 2 is 1.78 bits per heavy atom. The fourth-order valence-electron chi connectivity index (χ4n) is 4.39. The predicted octanol–water partition coefficient (Wildman–Crippen LogP) is 4.68. The van der Waals surface area contributed by atoms with Crippen molar-refractivity contribution in [1.29, 1.82) is 0 Å². The summed E-state index contributed by atoms with van der Waals surface area (Å²) in [5, 5.41) is 1.17. The molecule has 1 fully saturated rings. The van der Waals surface area contributed by atoms with E-state index >= 15 is 0 Å². The van der Waals surface area contributed by atoms with Gasteiger partial charge in [0.25, 0.3) is 0 Å². The van der Waals surface area contributed by atoms with Gasteiger partial charge >= 0.3 is 0 Å². The fraction of sp³-hybridized carbons (Fsp3) is 0.375. The van der Waals surface area contributed by atoms with Crippen LogP contribution in [-0.4, -0.2) is 43.8 Å². The second-order valence-electron chi connectivity index (χ2n) is 8.20. The highest BCUT2D eigenvalue weighted by Crippen LogP contribution is 2.30. The zero-order valence-corrected chi connectivity index (χ0v) is 19.5. The highest BCUT2D eigenvalue weighted by Gasteiger charge is 2.28. The zero-order chi connectivity index (χ0) is 22.6. The van der Waals surface area contributed by atoms with E-state index in [0.717, 1.165) is 49.9 Å². The van der Waals surface area contributed by atoms with Crippen molar-refractivity contribution < 1.29 is 13.2 Å². The number of carbonyl (C=O) groups excluding carboxylic acids is 1. The van der Waals surface area contributed by atoms with Crippen LogP contribution in [0, 0.1) is 0 Å². The van der Waals surface area contributed by atoms with Crippen LogP contribution in [0.5, 0.6) is 0 Å². The van der Waals surface area contributed by atoms with Crippen molar-refractivity contribution in [2.75, 3.05) is 19.6 Å². The quantitative estimate of drug-likeness (QED) is 0.522. The lowest BCUT2D eigenvalue weighted by Crippen LogP contribution is -2.37. The number of halogens is 1. The molecule has 0 saturated carbocycles. The number of hydrogen-bond donors (Lipinski definition) is 2. The number of aromatic nitrogens is 1. The van der Waals surface area contributed by atoms with E-state index in [1.54, 1.807) is 30.5 Å². The van der Waals surface area contributed by atoms with Crippen molar-refractivity contribution in [2.45, 2.75) is 42.9 Å². The first-order valence-electron chi connectivity index (χ1n) is 11.1. The first-order valence-corrected chi connectivity index (χ1v) is 12.9. The molecule has 6 nitrogen and oxygen atoms in total. The van der Waals surface area contributed by atoms with Crippen LogP contribution >= 0.6 is 11.6 Å². The summed E-state index contributed by atoms with van der Waals surface area (Å²) in [4.78, 5) is 18.6. The van der Waals surface area contributed by atoms with Gasteiger partial charge in [0.05, 0.1) is 10.8 Å². The maximum absolute atomic E-state index is 13.5. The van der Waals surface area contributed by atoms with Crippen LogP contribution < -0.4 is 4.72 Å². The van der Waals surface area contributed by atoms with Gasteiger partial charge in [-0.3, -0.25) is 4.79 Å². The van der Waals surface area contributed by atoms with Gasteiger partial charge in [-0.25, -0.2) is 13.1 Å². The normalized spacial score (nSPS) is 16.1. The third-order valence-corrected chi connectivity index (χ3v) is 7.93. The number of nitrogens with one attached hydrogen (secondary N) is 2. The predicted molar refractivity (Wildman–Crippen MR) is 127 cm³/mol. The highest BCUT2D eigenvalue weighted by molar-refractivity contribution is 7.89. The molecule has 2 aromatic carbocycles. The molecule has 2 N–H and O–H groups in total. The Bertz CT molecular complexity index is 1180. The molecular weight excluding hydrogens is 446 g/mol. The van der Waals surface area contributed by atoms with Crippen molar-refractivity contribution in [1.82, 2.24) is 14.6 Å². The molecule has 32 heavy (non-hydrogen) atoms. The Morgan fingerprint density at radius 1 is 1.03 bits per heavy atom. The van der Waals surface area contributed by atoms with Crippen molar-refractivity contribution in [3.05, 3.63) is 65.3 Å². The Kier molecular flexibility index (Phi) is 7.18. The van der Waals surface area contributed by atoms with E-state index in [1.807, 2.05) is 29.2 Å². The number of benzene rings is 2. The van der Waals surface area contributed by atoms with Crippen molar-refractivity contribution in [3.8, 4) is 0 Å². The fourth-order valence-corrected chi connectivity index (χ4v) is 5.92. The van der Waals surface area contributed by atoms with Gasteiger partial charge in [0, 0.05) is 41.8 Å². The number of hydrogen-bond acceptors (Lipinski definition) is 3. The van der Waals surface area contributed by atoms with Crippen molar-refractivity contribution in [2.24, 2.45) is 0 Å². The molecule has 1 saturated heterocycles. The van der Waals surface area contributed by atoms with Gasteiger partial charge in [0.15, 0.2) is 0 Å². The lowest BCUT2D eigenvalue weighted by Gasteiger charge is -2.27. The third-order valence-electron chi connectivity index (χ3n) is 6.07. The minimum Gasteiger partial charge on any atom is -0.361 e. The number of carbonyl (C=O) groups is 1. The Labute approximate surface area is 194 Å². The maximum atomic E-state index is 13.5. The van der Waals surface area contributed by atoms with E-state index < -0.39 is 15.9 Å². The molecule has 4 rings (SSSR count). The molecule has 1 amide bonds. The third kappa shape index (κ3) is 5.00. The summed E-state index contributed by atoms with van der Waals surface area (Å²) in [5.41, 5.74) is 1.51. The smallest absolute Gasteiger partial charge is 0.241 e. The zero-order valence-electron chi connectivity index (χ0n) is 17.9. The summed E-state index contributed by atoms with van der Waals surface area (Å²) in [7, 11) is -3.73. The van der Waals surface area contributed by atoms with Gasteiger partial charge in [0.1, 0.15) is 0 Å². The lowest BCUT2D eigenvalue weighted by atomic mass is 9.94. The molecule has 0 bridgehead atoms. The minimum atomic E-state index is -3.73.